The fourth-order valence-electron chi connectivity index (χ4n) is 2.24. The number of hydrogen-bond donors (Lipinski definition) is 1. The van der Waals surface area contributed by atoms with Crippen LogP contribution in [0.15, 0.2) is 47.5 Å². The second-order valence-electron chi connectivity index (χ2n) is 5.17. The van der Waals surface area contributed by atoms with Crippen molar-refractivity contribution in [3.8, 4) is 5.88 Å². The van der Waals surface area contributed by atoms with Gasteiger partial charge in [-0.05, 0) is 36.6 Å². The van der Waals surface area contributed by atoms with Gasteiger partial charge in [-0.2, -0.15) is 0 Å². The van der Waals surface area contributed by atoms with Crippen LogP contribution in [-0.2, 0) is 4.74 Å². The molecule has 0 saturated carbocycles. The number of carbonyl (C=O) groups is 1. The van der Waals surface area contributed by atoms with Crippen molar-refractivity contribution in [1.29, 1.82) is 0 Å². The summed E-state index contributed by atoms with van der Waals surface area (Å²) < 4.78 is 10.9. The number of carbonyl (C=O) groups excluding carboxylic acids is 1. The smallest absolute Gasteiger partial charge is 0.257 e. The first kappa shape index (κ1) is 15.8. The minimum Gasteiger partial charge on any atom is -0.472 e. The molecule has 1 aliphatic heterocycles. The lowest BCUT2D eigenvalue weighted by molar-refractivity contribution is 0.102. The van der Waals surface area contributed by atoms with Gasteiger partial charge in [-0.15, -0.1) is 11.8 Å². The molecule has 0 aliphatic carbocycles. The Labute approximate surface area is 139 Å². The normalized spacial score (nSPS) is 17.0. The van der Waals surface area contributed by atoms with E-state index in [1.54, 1.807) is 23.9 Å². The summed E-state index contributed by atoms with van der Waals surface area (Å²) in [6.07, 6.45) is 4.46. The average molecular weight is 330 g/mol. The van der Waals surface area contributed by atoms with Crippen molar-refractivity contribution in [2.24, 2.45) is 0 Å². The number of nitrogens with zero attached hydrogens (tertiary/aromatic N) is 1. The maximum absolute atomic E-state index is 12.2. The van der Waals surface area contributed by atoms with Crippen molar-refractivity contribution < 1.29 is 14.3 Å². The molecule has 1 saturated heterocycles. The largest absolute Gasteiger partial charge is 0.472 e. The molecule has 1 N–H and O–H groups in total. The first-order chi connectivity index (χ1) is 11.2. The Morgan fingerprint density at radius 3 is 2.74 bits per heavy atom. The number of aromatic nitrogens is 1. The topological polar surface area (TPSA) is 60.5 Å². The van der Waals surface area contributed by atoms with Gasteiger partial charge in [0.05, 0.1) is 18.8 Å². The Bertz CT molecular complexity index is 653. The van der Waals surface area contributed by atoms with E-state index < -0.39 is 0 Å². The molecular formula is C17H18N2O3S. The Morgan fingerprint density at radius 1 is 1.30 bits per heavy atom. The summed E-state index contributed by atoms with van der Waals surface area (Å²) >= 11 is 1.66. The molecule has 6 heteroatoms. The first-order valence-corrected chi connectivity index (χ1v) is 8.63. The molecule has 0 spiro atoms. The summed E-state index contributed by atoms with van der Waals surface area (Å²) in [4.78, 5) is 17.6. The van der Waals surface area contributed by atoms with E-state index >= 15 is 0 Å². The lowest BCUT2D eigenvalue weighted by Crippen LogP contribution is -2.17. The molecule has 1 aliphatic rings. The van der Waals surface area contributed by atoms with Crippen LogP contribution >= 0.6 is 11.8 Å². The molecule has 1 aromatic heterocycles. The van der Waals surface area contributed by atoms with Gasteiger partial charge in [0.2, 0.25) is 5.88 Å². The molecule has 2 heterocycles. The molecule has 0 bridgehead atoms. The third kappa shape index (κ3) is 4.24. The number of rotatable bonds is 5. The quantitative estimate of drug-likeness (QED) is 0.853. The van der Waals surface area contributed by atoms with Crippen LogP contribution < -0.4 is 10.1 Å². The molecule has 3 rings (SSSR count). The van der Waals surface area contributed by atoms with Gasteiger partial charge in [0.15, 0.2) is 0 Å². The zero-order chi connectivity index (χ0) is 16.1. The molecule has 5 nitrogen and oxygen atoms in total. The number of benzene rings is 1. The number of nitrogens with one attached hydrogen (secondary N) is 1. The minimum absolute atomic E-state index is 0.0529. The fourth-order valence-corrected chi connectivity index (χ4v) is 2.65. The summed E-state index contributed by atoms with van der Waals surface area (Å²) in [6.45, 7) is 1.32. The van der Waals surface area contributed by atoms with Gasteiger partial charge in [0.25, 0.3) is 5.91 Å². The van der Waals surface area contributed by atoms with E-state index in [9.17, 15) is 4.79 Å². The van der Waals surface area contributed by atoms with Crippen LogP contribution in [0.1, 0.15) is 16.8 Å². The molecule has 1 atom stereocenters. The van der Waals surface area contributed by atoms with Crippen LogP contribution in [0.5, 0.6) is 5.88 Å². The van der Waals surface area contributed by atoms with Crippen LogP contribution in [0, 0.1) is 0 Å². The molecular weight excluding hydrogens is 312 g/mol. The Hall–Kier alpha value is -2.05. The zero-order valence-electron chi connectivity index (χ0n) is 12.8. The van der Waals surface area contributed by atoms with Gasteiger partial charge in [-0.3, -0.25) is 4.79 Å². The van der Waals surface area contributed by atoms with Crippen LogP contribution in [0.3, 0.4) is 0 Å². The molecule has 1 aromatic carbocycles. The van der Waals surface area contributed by atoms with Crippen molar-refractivity contribution in [3.05, 3.63) is 48.2 Å². The molecule has 0 radical (unpaired) electrons. The first-order valence-electron chi connectivity index (χ1n) is 7.40. The Morgan fingerprint density at radius 2 is 2.13 bits per heavy atom. The highest BCUT2D eigenvalue weighted by Crippen LogP contribution is 2.19. The maximum Gasteiger partial charge on any atom is 0.257 e. The monoisotopic (exact) mass is 330 g/mol. The molecule has 120 valence electrons. The SMILES string of the molecule is CSc1ccc(NC(=O)c2ccc(OC3CCOC3)nc2)cc1. The summed E-state index contributed by atoms with van der Waals surface area (Å²) in [7, 11) is 0. The van der Waals surface area contributed by atoms with Crippen molar-refractivity contribution >= 4 is 23.4 Å². The molecule has 23 heavy (non-hydrogen) atoms. The number of ether oxygens (including phenoxy) is 2. The molecule has 1 fully saturated rings. The van der Waals surface area contributed by atoms with E-state index in [1.165, 1.54) is 6.20 Å². The maximum atomic E-state index is 12.2. The van der Waals surface area contributed by atoms with Crippen LogP contribution in [0.2, 0.25) is 0 Å². The third-order valence-electron chi connectivity index (χ3n) is 3.52. The van der Waals surface area contributed by atoms with Crippen LogP contribution in [0.25, 0.3) is 0 Å². The van der Waals surface area contributed by atoms with Gasteiger partial charge in [-0.25, -0.2) is 4.98 Å². The fraction of sp³-hybridized carbons (Fsp3) is 0.294. The van der Waals surface area contributed by atoms with Crippen molar-refractivity contribution in [2.45, 2.75) is 17.4 Å². The molecule has 2 aromatic rings. The molecule has 1 amide bonds. The van der Waals surface area contributed by atoms with E-state index in [0.717, 1.165) is 23.6 Å². The van der Waals surface area contributed by atoms with Gasteiger partial charge in [0, 0.05) is 29.3 Å². The predicted molar refractivity (Wildman–Crippen MR) is 90.3 cm³/mol. The number of amides is 1. The lowest BCUT2D eigenvalue weighted by Gasteiger charge is -2.11. The second kappa shape index (κ2) is 7.48. The number of anilines is 1. The van der Waals surface area contributed by atoms with E-state index in [2.05, 4.69) is 10.3 Å². The van der Waals surface area contributed by atoms with Crippen LogP contribution in [0.4, 0.5) is 5.69 Å². The van der Waals surface area contributed by atoms with Gasteiger partial charge < -0.3 is 14.8 Å². The van der Waals surface area contributed by atoms with E-state index in [4.69, 9.17) is 9.47 Å². The second-order valence-corrected chi connectivity index (χ2v) is 6.05. The van der Waals surface area contributed by atoms with E-state index in [0.29, 0.717) is 18.1 Å². The third-order valence-corrected chi connectivity index (χ3v) is 4.27. The van der Waals surface area contributed by atoms with Gasteiger partial charge in [0.1, 0.15) is 6.10 Å². The number of thioether (sulfide) groups is 1. The predicted octanol–water partition coefficient (Wildman–Crippen LogP) is 3.22. The van der Waals surface area contributed by atoms with E-state index in [-0.39, 0.29) is 12.0 Å². The summed E-state index contributed by atoms with van der Waals surface area (Å²) in [6, 6.07) is 11.1. The van der Waals surface area contributed by atoms with E-state index in [1.807, 2.05) is 30.5 Å². The number of hydrogen-bond acceptors (Lipinski definition) is 5. The highest BCUT2D eigenvalue weighted by Gasteiger charge is 2.17. The Kier molecular flexibility index (Phi) is 5.15. The Balaban J connectivity index is 1.60. The minimum atomic E-state index is -0.190. The summed E-state index contributed by atoms with van der Waals surface area (Å²) in [5.41, 5.74) is 1.25. The lowest BCUT2D eigenvalue weighted by atomic mass is 10.2. The standard InChI is InChI=1S/C17H18N2O3S/c1-23-15-5-3-13(4-6-15)19-17(20)12-2-7-16(18-10-12)22-14-8-9-21-11-14/h2-7,10,14H,8-9,11H2,1H3,(H,19,20). The van der Waals surface area contributed by atoms with Crippen LogP contribution in [-0.4, -0.2) is 36.5 Å². The van der Waals surface area contributed by atoms with Crippen molar-refractivity contribution in [2.75, 3.05) is 24.8 Å². The highest BCUT2D eigenvalue weighted by molar-refractivity contribution is 7.98. The summed E-state index contributed by atoms with van der Waals surface area (Å²) in [5, 5.41) is 2.85. The van der Waals surface area contributed by atoms with Gasteiger partial charge in [-0.1, -0.05) is 0 Å². The molecule has 1 unspecified atom stereocenters. The number of pyridine rings is 1. The van der Waals surface area contributed by atoms with Crippen molar-refractivity contribution in [3.63, 3.8) is 0 Å². The van der Waals surface area contributed by atoms with Crippen molar-refractivity contribution in [1.82, 2.24) is 4.98 Å². The zero-order valence-corrected chi connectivity index (χ0v) is 13.6. The van der Waals surface area contributed by atoms with Gasteiger partial charge >= 0.3 is 0 Å². The average Bonchev–Trinajstić information content (AvgIpc) is 3.09. The summed E-state index contributed by atoms with van der Waals surface area (Å²) in [5.74, 6) is 0.325. The highest BCUT2D eigenvalue weighted by atomic mass is 32.2.